The van der Waals surface area contributed by atoms with Crippen LogP contribution < -0.4 is 4.74 Å². The molecule has 2 aliphatic rings. The van der Waals surface area contributed by atoms with Crippen LogP contribution in [-0.2, 0) is 24.3 Å². The van der Waals surface area contributed by atoms with Crippen LogP contribution in [0.1, 0.15) is 48.8 Å². The topological polar surface area (TPSA) is 82.4 Å². The quantitative estimate of drug-likeness (QED) is 0.350. The van der Waals surface area contributed by atoms with E-state index in [2.05, 4.69) is 52.4 Å². The van der Waals surface area contributed by atoms with Gasteiger partial charge in [0.05, 0.1) is 41.7 Å². The standard InChI is InChI=1S/C29H31N5O3S/c1-29(2,3)34-9-5-11-37-16-21-25(24-15-31-17-38-24)26-19-13-20(22-14-30-7-8-32-22)23(36-4)12-18(19)6-10-33(26)27(21)28(34)35/h7-8,12-15,17H,5-6,9-11,16H2,1-4H3. The van der Waals surface area contributed by atoms with Gasteiger partial charge in [0.1, 0.15) is 11.4 Å². The second-order valence-corrected chi connectivity index (χ2v) is 11.5. The number of fused-ring (bicyclic) bond motifs is 5. The summed E-state index contributed by atoms with van der Waals surface area (Å²) in [6, 6.07) is 4.24. The molecule has 1 aromatic carbocycles. The van der Waals surface area contributed by atoms with E-state index < -0.39 is 0 Å². The zero-order valence-corrected chi connectivity index (χ0v) is 23.0. The number of ether oxygens (including phenoxy) is 2. The van der Waals surface area contributed by atoms with Crippen LogP contribution in [0.2, 0.25) is 0 Å². The SMILES string of the molecule is COc1cc2c(cc1-c1cnccn1)-c1c(-c3cncs3)c3c(n1CC2)C(=O)N(C(C)(C)C)CCCOC3. The molecule has 4 aromatic rings. The molecule has 0 fully saturated rings. The number of aryl methyl sites for hydroxylation is 1. The van der Waals surface area contributed by atoms with Gasteiger partial charge in [-0.05, 0) is 51.3 Å². The van der Waals surface area contributed by atoms with Crippen molar-refractivity contribution in [1.29, 1.82) is 0 Å². The molecule has 0 saturated heterocycles. The summed E-state index contributed by atoms with van der Waals surface area (Å²) in [5.41, 5.74) is 9.11. The first kappa shape index (κ1) is 24.8. The van der Waals surface area contributed by atoms with Crippen molar-refractivity contribution >= 4 is 17.2 Å². The van der Waals surface area contributed by atoms with Gasteiger partial charge in [0, 0.05) is 66.1 Å². The highest BCUT2D eigenvalue weighted by Gasteiger charge is 2.37. The number of hydrogen-bond acceptors (Lipinski definition) is 7. The first-order valence-electron chi connectivity index (χ1n) is 12.9. The number of aromatic nitrogens is 4. The molecule has 8 nitrogen and oxygen atoms in total. The lowest BCUT2D eigenvalue weighted by Crippen LogP contribution is -2.47. The van der Waals surface area contributed by atoms with Crippen molar-refractivity contribution in [3.63, 3.8) is 0 Å². The zero-order valence-electron chi connectivity index (χ0n) is 22.2. The zero-order chi connectivity index (χ0) is 26.4. The van der Waals surface area contributed by atoms with Crippen LogP contribution in [-0.4, -0.2) is 56.1 Å². The van der Waals surface area contributed by atoms with Crippen LogP contribution in [0.5, 0.6) is 5.75 Å². The van der Waals surface area contributed by atoms with Crippen molar-refractivity contribution < 1.29 is 14.3 Å². The molecule has 0 spiro atoms. The Bertz CT molecular complexity index is 1490. The average molecular weight is 530 g/mol. The minimum Gasteiger partial charge on any atom is -0.496 e. The molecule has 38 heavy (non-hydrogen) atoms. The highest BCUT2D eigenvalue weighted by Crippen LogP contribution is 2.47. The maximum absolute atomic E-state index is 14.3. The van der Waals surface area contributed by atoms with Crippen molar-refractivity contribution in [2.45, 2.75) is 52.3 Å². The van der Waals surface area contributed by atoms with Gasteiger partial charge >= 0.3 is 0 Å². The van der Waals surface area contributed by atoms with Crippen LogP contribution in [0.3, 0.4) is 0 Å². The van der Waals surface area contributed by atoms with Crippen LogP contribution in [0.15, 0.2) is 42.4 Å². The summed E-state index contributed by atoms with van der Waals surface area (Å²) < 4.78 is 14.2. The van der Waals surface area contributed by atoms with Gasteiger partial charge in [-0.25, -0.2) is 0 Å². The van der Waals surface area contributed by atoms with E-state index in [4.69, 9.17) is 9.47 Å². The van der Waals surface area contributed by atoms with E-state index in [1.165, 1.54) is 5.56 Å². The molecule has 0 bridgehead atoms. The van der Waals surface area contributed by atoms with E-state index in [9.17, 15) is 4.79 Å². The van der Waals surface area contributed by atoms with Gasteiger partial charge in [-0.1, -0.05) is 0 Å². The number of thiazole rings is 1. The summed E-state index contributed by atoms with van der Waals surface area (Å²) in [5, 5.41) is 0. The number of amides is 1. The molecule has 2 aliphatic heterocycles. The number of rotatable bonds is 3. The van der Waals surface area contributed by atoms with E-state index in [0.717, 1.165) is 62.8 Å². The fraction of sp³-hybridized carbons (Fsp3) is 0.379. The number of benzene rings is 1. The molecule has 0 saturated carbocycles. The Morgan fingerprint density at radius 1 is 1.05 bits per heavy atom. The molecule has 0 aliphatic carbocycles. The molecular formula is C29H31N5O3S. The smallest absolute Gasteiger partial charge is 0.271 e. The summed E-state index contributed by atoms with van der Waals surface area (Å²) in [7, 11) is 1.68. The lowest BCUT2D eigenvalue weighted by Gasteiger charge is -2.36. The summed E-state index contributed by atoms with van der Waals surface area (Å²) in [5.74, 6) is 0.817. The van der Waals surface area contributed by atoms with E-state index in [1.807, 2.05) is 16.6 Å². The first-order chi connectivity index (χ1) is 18.4. The fourth-order valence-corrected chi connectivity index (χ4v) is 6.32. The number of methoxy groups -OCH3 is 1. The van der Waals surface area contributed by atoms with Gasteiger partial charge in [0.15, 0.2) is 0 Å². The van der Waals surface area contributed by atoms with Crippen molar-refractivity contribution in [2.75, 3.05) is 20.3 Å². The Hall–Kier alpha value is -3.56. The third kappa shape index (κ3) is 4.10. The maximum Gasteiger partial charge on any atom is 0.271 e. The minimum atomic E-state index is -0.312. The maximum atomic E-state index is 14.3. The fourth-order valence-electron chi connectivity index (χ4n) is 5.62. The van der Waals surface area contributed by atoms with E-state index in [-0.39, 0.29) is 11.4 Å². The second kappa shape index (κ2) is 9.63. The minimum absolute atomic E-state index is 0.0566. The molecule has 0 unspecified atom stereocenters. The monoisotopic (exact) mass is 529 g/mol. The second-order valence-electron chi connectivity index (χ2n) is 10.7. The summed E-state index contributed by atoms with van der Waals surface area (Å²) in [6.07, 6.45) is 8.58. The van der Waals surface area contributed by atoms with E-state index in [1.54, 1.807) is 37.0 Å². The lowest BCUT2D eigenvalue weighted by molar-refractivity contribution is 0.0544. The van der Waals surface area contributed by atoms with E-state index >= 15 is 0 Å². The Kier molecular flexibility index (Phi) is 6.28. The molecule has 196 valence electrons. The van der Waals surface area contributed by atoms with Crippen molar-refractivity contribution in [3.8, 4) is 38.7 Å². The molecule has 0 radical (unpaired) electrons. The molecule has 9 heteroatoms. The lowest BCUT2D eigenvalue weighted by atomic mass is 9.92. The van der Waals surface area contributed by atoms with Crippen LogP contribution >= 0.6 is 11.3 Å². The normalized spacial score (nSPS) is 15.7. The van der Waals surface area contributed by atoms with Crippen molar-refractivity contribution in [1.82, 2.24) is 24.4 Å². The molecule has 6 rings (SSSR count). The highest BCUT2D eigenvalue weighted by atomic mass is 32.1. The number of nitrogens with zero attached hydrogens (tertiary/aromatic N) is 5. The number of carbonyl (C=O) groups excluding carboxylic acids is 1. The van der Waals surface area contributed by atoms with Gasteiger partial charge < -0.3 is 18.9 Å². The number of carbonyl (C=O) groups is 1. The van der Waals surface area contributed by atoms with Gasteiger partial charge in [-0.2, -0.15) is 0 Å². The molecule has 0 atom stereocenters. The van der Waals surface area contributed by atoms with Crippen molar-refractivity contribution in [3.05, 3.63) is 59.3 Å². The Labute approximate surface area is 226 Å². The largest absolute Gasteiger partial charge is 0.496 e. The Morgan fingerprint density at radius 2 is 1.92 bits per heavy atom. The van der Waals surface area contributed by atoms with Gasteiger partial charge in [0.25, 0.3) is 5.91 Å². The first-order valence-corrected chi connectivity index (χ1v) is 13.8. The summed E-state index contributed by atoms with van der Waals surface area (Å²) in [4.78, 5) is 30.6. The molecular weight excluding hydrogens is 498 g/mol. The molecule has 3 aromatic heterocycles. The van der Waals surface area contributed by atoms with Gasteiger partial charge in [0.2, 0.25) is 0 Å². The third-order valence-electron chi connectivity index (χ3n) is 7.34. The van der Waals surface area contributed by atoms with Crippen LogP contribution in [0.4, 0.5) is 0 Å². The molecule has 0 N–H and O–H groups in total. The third-order valence-corrected chi connectivity index (χ3v) is 8.13. The predicted octanol–water partition coefficient (Wildman–Crippen LogP) is 5.46. The number of hydrogen-bond donors (Lipinski definition) is 0. The Morgan fingerprint density at radius 3 is 2.63 bits per heavy atom. The highest BCUT2D eigenvalue weighted by molar-refractivity contribution is 7.13. The summed E-state index contributed by atoms with van der Waals surface area (Å²) >= 11 is 1.58. The van der Waals surface area contributed by atoms with Crippen LogP contribution in [0, 0.1) is 0 Å². The van der Waals surface area contributed by atoms with Crippen molar-refractivity contribution in [2.24, 2.45) is 0 Å². The predicted molar refractivity (Wildman–Crippen MR) is 147 cm³/mol. The Balaban J connectivity index is 1.65. The molecule has 5 heterocycles. The average Bonchev–Trinajstić information content (AvgIpc) is 3.56. The van der Waals surface area contributed by atoms with E-state index in [0.29, 0.717) is 26.3 Å². The van der Waals surface area contributed by atoms with Gasteiger partial charge in [-0.3, -0.25) is 19.7 Å². The van der Waals surface area contributed by atoms with Gasteiger partial charge in [-0.15, -0.1) is 11.3 Å². The van der Waals surface area contributed by atoms with Crippen LogP contribution in [0.25, 0.3) is 33.0 Å². The molecule has 1 amide bonds. The summed E-state index contributed by atoms with van der Waals surface area (Å²) in [6.45, 7) is 8.64.